The second-order valence-electron chi connectivity index (χ2n) is 7.66. The van der Waals surface area contributed by atoms with Crippen molar-refractivity contribution in [1.82, 2.24) is 20.1 Å². The number of sulfone groups is 1. The molecule has 0 unspecified atom stereocenters. The Kier molecular flexibility index (Phi) is 6.52. The molecule has 10 heteroatoms. The van der Waals surface area contributed by atoms with Crippen molar-refractivity contribution in [2.24, 2.45) is 0 Å². The van der Waals surface area contributed by atoms with E-state index in [4.69, 9.17) is 4.74 Å². The number of hydrogen-bond acceptors (Lipinski definition) is 7. The summed E-state index contributed by atoms with van der Waals surface area (Å²) in [6.45, 7) is 2.02. The molecule has 2 heterocycles. The van der Waals surface area contributed by atoms with Crippen LogP contribution in [0.1, 0.15) is 12.0 Å². The quantitative estimate of drug-likeness (QED) is 0.527. The van der Waals surface area contributed by atoms with E-state index in [-0.39, 0.29) is 29.2 Å². The standard InChI is InChI=1S/C22H24N4O4S2/c1-15-3-7-18(8-4-15)26-21(16-5-9-19(30-2)10-6-16)24-25-22(26)31-13-20(27)23-17-11-12-32(28,29)14-17/h3-10,17H,11-14H2,1-2H3,(H,23,27)/t17-/m0/s1. The van der Waals surface area contributed by atoms with Crippen LogP contribution in [0.5, 0.6) is 5.75 Å². The van der Waals surface area contributed by atoms with E-state index in [1.54, 1.807) is 7.11 Å². The Hall–Kier alpha value is -2.85. The molecule has 1 N–H and O–H groups in total. The lowest BCUT2D eigenvalue weighted by atomic mass is 10.2. The highest BCUT2D eigenvalue weighted by atomic mass is 32.2. The van der Waals surface area contributed by atoms with Crippen molar-refractivity contribution in [2.45, 2.75) is 24.5 Å². The van der Waals surface area contributed by atoms with Crippen LogP contribution in [-0.4, -0.2) is 59.5 Å². The molecule has 168 valence electrons. The van der Waals surface area contributed by atoms with Crippen LogP contribution in [0, 0.1) is 6.92 Å². The van der Waals surface area contributed by atoms with Crippen LogP contribution in [0.4, 0.5) is 0 Å². The van der Waals surface area contributed by atoms with Gasteiger partial charge in [0.2, 0.25) is 5.91 Å². The predicted octanol–water partition coefficient (Wildman–Crippen LogP) is 2.65. The van der Waals surface area contributed by atoms with E-state index in [2.05, 4.69) is 15.5 Å². The first kappa shape index (κ1) is 22.3. The smallest absolute Gasteiger partial charge is 0.230 e. The van der Waals surface area contributed by atoms with E-state index >= 15 is 0 Å². The van der Waals surface area contributed by atoms with Crippen molar-refractivity contribution in [1.29, 1.82) is 0 Å². The molecule has 8 nitrogen and oxygen atoms in total. The monoisotopic (exact) mass is 472 g/mol. The maximum atomic E-state index is 12.4. The molecular weight excluding hydrogens is 448 g/mol. The van der Waals surface area contributed by atoms with Crippen LogP contribution in [0.3, 0.4) is 0 Å². The van der Waals surface area contributed by atoms with Crippen molar-refractivity contribution < 1.29 is 17.9 Å². The molecule has 1 fully saturated rings. The number of rotatable bonds is 7. The molecule has 1 aliphatic rings. The normalized spacial score (nSPS) is 17.2. The second kappa shape index (κ2) is 9.33. The summed E-state index contributed by atoms with van der Waals surface area (Å²) in [5.74, 6) is 1.42. The second-order valence-corrected chi connectivity index (χ2v) is 10.8. The Morgan fingerprint density at radius 3 is 2.50 bits per heavy atom. The number of aromatic nitrogens is 3. The molecule has 0 spiro atoms. The summed E-state index contributed by atoms with van der Waals surface area (Å²) in [6.07, 6.45) is 0.458. The van der Waals surface area contributed by atoms with E-state index in [0.29, 0.717) is 17.4 Å². The van der Waals surface area contributed by atoms with Crippen LogP contribution >= 0.6 is 11.8 Å². The zero-order chi connectivity index (χ0) is 22.7. The van der Waals surface area contributed by atoms with E-state index in [1.807, 2.05) is 60.0 Å². The summed E-state index contributed by atoms with van der Waals surface area (Å²) < 4.78 is 30.4. The van der Waals surface area contributed by atoms with Crippen molar-refractivity contribution in [2.75, 3.05) is 24.4 Å². The number of carbonyl (C=O) groups is 1. The van der Waals surface area contributed by atoms with E-state index in [1.165, 1.54) is 11.8 Å². The molecule has 2 aromatic carbocycles. The predicted molar refractivity (Wildman–Crippen MR) is 124 cm³/mol. The highest BCUT2D eigenvalue weighted by molar-refractivity contribution is 7.99. The summed E-state index contributed by atoms with van der Waals surface area (Å²) in [4.78, 5) is 12.4. The van der Waals surface area contributed by atoms with Gasteiger partial charge in [-0.05, 0) is 49.7 Å². The fraction of sp³-hybridized carbons (Fsp3) is 0.318. The molecule has 0 aliphatic carbocycles. The Morgan fingerprint density at radius 1 is 1.16 bits per heavy atom. The lowest BCUT2D eigenvalue weighted by Gasteiger charge is -2.12. The van der Waals surface area contributed by atoms with Crippen LogP contribution in [0.25, 0.3) is 17.1 Å². The number of hydrogen-bond donors (Lipinski definition) is 1. The Morgan fingerprint density at radius 2 is 1.88 bits per heavy atom. The third kappa shape index (κ3) is 5.13. The molecule has 0 bridgehead atoms. The van der Waals surface area contributed by atoms with Gasteiger partial charge in [0.15, 0.2) is 20.8 Å². The molecule has 1 amide bonds. The van der Waals surface area contributed by atoms with Gasteiger partial charge in [0, 0.05) is 17.3 Å². The topological polar surface area (TPSA) is 103 Å². The van der Waals surface area contributed by atoms with Crippen molar-refractivity contribution in [3.05, 3.63) is 54.1 Å². The zero-order valence-electron chi connectivity index (χ0n) is 17.8. The van der Waals surface area contributed by atoms with Gasteiger partial charge >= 0.3 is 0 Å². The first-order valence-corrected chi connectivity index (χ1v) is 12.9. The molecule has 0 radical (unpaired) electrons. The molecule has 3 aromatic rings. The number of methoxy groups -OCH3 is 1. The highest BCUT2D eigenvalue weighted by Crippen LogP contribution is 2.29. The van der Waals surface area contributed by atoms with Gasteiger partial charge in [0.1, 0.15) is 5.75 Å². The molecule has 1 aromatic heterocycles. The molecule has 0 saturated carbocycles. The van der Waals surface area contributed by atoms with Crippen molar-refractivity contribution in [3.63, 3.8) is 0 Å². The Balaban J connectivity index is 1.56. The summed E-state index contributed by atoms with van der Waals surface area (Å²) >= 11 is 1.26. The van der Waals surface area contributed by atoms with E-state index < -0.39 is 9.84 Å². The number of nitrogens with zero attached hydrogens (tertiary/aromatic N) is 3. The van der Waals surface area contributed by atoms with Gasteiger partial charge in [0.05, 0.1) is 24.4 Å². The van der Waals surface area contributed by atoms with Crippen LogP contribution in [0.2, 0.25) is 0 Å². The number of benzene rings is 2. The summed E-state index contributed by atoms with van der Waals surface area (Å²) in [6, 6.07) is 15.2. The first-order chi connectivity index (χ1) is 15.3. The lowest BCUT2D eigenvalue weighted by Crippen LogP contribution is -2.36. The highest BCUT2D eigenvalue weighted by Gasteiger charge is 2.29. The maximum absolute atomic E-state index is 12.4. The Bertz CT molecular complexity index is 1210. The molecule has 4 rings (SSSR count). The van der Waals surface area contributed by atoms with Gasteiger partial charge in [-0.2, -0.15) is 0 Å². The summed E-state index contributed by atoms with van der Waals surface area (Å²) in [5, 5.41) is 12.1. The summed E-state index contributed by atoms with van der Waals surface area (Å²) in [5.41, 5.74) is 2.88. The van der Waals surface area contributed by atoms with Gasteiger partial charge in [-0.3, -0.25) is 9.36 Å². The number of carbonyl (C=O) groups excluding carboxylic acids is 1. The SMILES string of the molecule is COc1ccc(-c2nnc(SCC(=O)N[C@H]3CCS(=O)(=O)C3)n2-c2ccc(C)cc2)cc1. The van der Waals surface area contributed by atoms with E-state index in [9.17, 15) is 13.2 Å². The number of thioether (sulfide) groups is 1. The average molecular weight is 473 g/mol. The van der Waals surface area contributed by atoms with Crippen molar-refractivity contribution >= 4 is 27.5 Å². The fourth-order valence-corrected chi connectivity index (χ4v) is 5.96. The number of amides is 1. The zero-order valence-corrected chi connectivity index (χ0v) is 19.4. The minimum absolute atomic E-state index is 0.00454. The van der Waals surface area contributed by atoms with Gasteiger partial charge in [-0.15, -0.1) is 10.2 Å². The Labute approximate surface area is 191 Å². The van der Waals surface area contributed by atoms with Crippen LogP contribution in [0.15, 0.2) is 53.7 Å². The van der Waals surface area contributed by atoms with Gasteiger partial charge < -0.3 is 10.1 Å². The third-order valence-corrected chi connectivity index (χ3v) is 7.90. The van der Waals surface area contributed by atoms with Crippen LogP contribution < -0.4 is 10.1 Å². The maximum Gasteiger partial charge on any atom is 0.230 e. The largest absolute Gasteiger partial charge is 0.497 e. The number of nitrogens with one attached hydrogen (secondary N) is 1. The minimum Gasteiger partial charge on any atom is -0.497 e. The molecule has 1 saturated heterocycles. The first-order valence-electron chi connectivity index (χ1n) is 10.1. The van der Waals surface area contributed by atoms with Gasteiger partial charge in [0.25, 0.3) is 0 Å². The van der Waals surface area contributed by atoms with Crippen LogP contribution in [-0.2, 0) is 14.6 Å². The van der Waals surface area contributed by atoms with Crippen molar-refractivity contribution in [3.8, 4) is 22.8 Å². The summed E-state index contributed by atoms with van der Waals surface area (Å²) in [7, 11) is -1.43. The minimum atomic E-state index is -3.04. The van der Waals surface area contributed by atoms with Gasteiger partial charge in [-0.25, -0.2) is 8.42 Å². The lowest BCUT2D eigenvalue weighted by molar-refractivity contribution is -0.119. The fourth-order valence-electron chi connectivity index (χ4n) is 3.53. The molecule has 1 atom stereocenters. The molecular formula is C22H24N4O4S2. The van der Waals surface area contributed by atoms with Gasteiger partial charge in [-0.1, -0.05) is 29.5 Å². The molecule has 32 heavy (non-hydrogen) atoms. The average Bonchev–Trinajstić information content (AvgIpc) is 3.35. The van der Waals surface area contributed by atoms with E-state index in [0.717, 1.165) is 22.6 Å². The third-order valence-electron chi connectivity index (χ3n) is 5.20. The number of aryl methyl sites for hydroxylation is 1. The number of ether oxygens (including phenoxy) is 1. The molecule has 1 aliphatic heterocycles.